The molecule has 0 bridgehead atoms. The summed E-state index contributed by atoms with van der Waals surface area (Å²) in [4.78, 5) is 17.2. The molecular formula is C24H17BrFN5O2S. The Bertz CT molecular complexity index is 1330. The highest BCUT2D eigenvalue weighted by molar-refractivity contribution is 9.10. The Morgan fingerprint density at radius 1 is 1.03 bits per heavy atom. The summed E-state index contributed by atoms with van der Waals surface area (Å²) in [6.07, 6.45) is 3.80. The largest absolute Gasteiger partial charge is 0.411 e. The fraction of sp³-hybridized carbons (Fsp3) is 0.125. The zero-order chi connectivity index (χ0) is 23.5. The molecule has 0 aliphatic carbocycles. The predicted molar refractivity (Wildman–Crippen MR) is 130 cm³/mol. The maximum absolute atomic E-state index is 13.5. The zero-order valence-corrected chi connectivity index (χ0v) is 20.0. The number of halogens is 2. The number of hydrazone groups is 1. The third kappa shape index (κ3) is 4.92. The Morgan fingerprint density at radius 3 is 2.50 bits per heavy atom. The van der Waals surface area contributed by atoms with Crippen LogP contribution < -0.4 is 0 Å². The molecule has 3 heterocycles. The van der Waals surface area contributed by atoms with Gasteiger partial charge in [0.2, 0.25) is 5.89 Å². The van der Waals surface area contributed by atoms with Gasteiger partial charge in [-0.3, -0.25) is 9.78 Å². The Morgan fingerprint density at radius 2 is 1.76 bits per heavy atom. The number of nitrogens with zero attached hydrogens (tertiary/aromatic N) is 5. The lowest BCUT2D eigenvalue weighted by Crippen LogP contribution is -2.28. The van der Waals surface area contributed by atoms with Gasteiger partial charge in [-0.1, -0.05) is 52.0 Å². The van der Waals surface area contributed by atoms with Crippen LogP contribution in [0.3, 0.4) is 0 Å². The highest BCUT2D eigenvalue weighted by atomic mass is 79.9. The van der Waals surface area contributed by atoms with Crippen molar-refractivity contribution < 1.29 is 13.6 Å². The van der Waals surface area contributed by atoms with E-state index in [-0.39, 0.29) is 28.7 Å². The molecule has 1 atom stereocenters. The number of amides is 1. The SMILES string of the molecule is O=C(CSc1nnc(-c2ccncc2)o1)N1N=C(c2ccc(Br)cc2)CC1c1ccc(F)cc1. The number of benzene rings is 2. The maximum atomic E-state index is 13.5. The lowest BCUT2D eigenvalue weighted by Gasteiger charge is -2.21. The van der Waals surface area contributed by atoms with Gasteiger partial charge in [0.25, 0.3) is 11.1 Å². The summed E-state index contributed by atoms with van der Waals surface area (Å²) in [6, 6.07) is 17.1. The van der Waals surface area contributed by atoms with Gasteiger partial charge >= 0.3 is 0 Å². The molecule has 170 valence electrons. The normalized spacial score (nSPS) is 15.4. The van der Waals surface area contributed by atoms with Gasteiger partial charge in [0.05, 0.1) is 17.5 Å². The molecule has 0 fully saturated rings. The van der Waals surface area contributed by atoms with E-state index in [0.29, 0.717) is 12.3 Å². The van der Waals surface area contributed by atoms with Gasteiger partial charge in [-0.25, -0.2) is 9.40 Å². The first-order valence-electron chi connectivity index (χ1n) is 10.3. The second-order valence-electron chi connectivity index (χ2n) is 7.46. The second-order valence-corrected chi connectivity index (χ2v) is 9.30. The summed E-state index contributed by atoms with van der Waals surface area (Å²) < 4.78 is 20.1. The summed E-state index contributed by atoms with van der Waals surface area (Å²) in [6.45, 7) is 0. The van der Waals surface area contributed by atoms with E-state index in [4.69, 9.17) is 4.42 Å². The van der Waals surface area contributed by atoms with Crippen molar-refractivity contribution in [2.24, 2.45) is 5.10 Å². The molecule has 2 aromatic carbocycles. The van der Waals surface area contributed by atoms with Crippen LogP contribution in [0.2, 0.25) is 0 Å². The minimum absolute atomic E-state index is 0.0623. The molecule has 4 aromatic rings. The number of hydrogen-bond acceptors (Lipinski definition) is 7. The quantitative estimate of drug-likeness (QED) is 0.302. The van der Waals surface area contributed by atoms with Crippen LogP contribution >= 0.6 is 27.7 Å². The number of pyridine rings is 1. The molecular weight excluding hydrogens is 521 g/mol. The fourth-order valence-electron chi connectivity index (χ4n) is 3.57. The average Bonchev–Trinajstić information content (AvgIpc) is 3.52. The lowest BCUT2D eigenvalue weighted by atomic mass is 9.98. The van der Waals surface area contributed by atoms with Crippen molar-refractivity contribution in [1.29, 1.82) is 0 Å². The van der Waals surface area contributed by atoms with Crippen molar-refractivity contribution in [2.45, 2.75) is 17.7 Å². The maximum Gasteiger partial charge on any atom is 0.277 e. The summed E-state index contributed by atoms with van der Waals surface area (Å²) in [7, 11) is 0. The number of thioether (sulfide) groups is 1. The Balaban J connectivity index is 1.34. The standard InChI is InChI=1S/C24H17BrFN5O2S/c25-18-5-1-15(2-6-18)20-13-21(16-3-7-19(26)8-4-16)31(30-20)22(32)14-34-24-29-28-23(33-24)17-9-11-27-12-10-17/h1-12,21H,13-14H2. The highest BCUT2D eigenvalue weighted by Crippen LogP contribution is 2.34. The third-order valence-electron chi connectivity index (χ3n) is 5.25. The van der Waals surface area contributed by atoms with Crippen LogP contribution in [0, 0.1) is 5.82 Å². The molecule has 34 heavy (non-hydrogen) atoms. The molecule has 1 aliphatic rings. The minimum atomic E-state index is -0.331. The van der Waals surface area contributed by atoms with Gasteiger partial charge in [0, 0.05) is 28.9 Å². The summed E-state index contributed by atoms with van der Waals surface area (Å²) in [5, 5.41) is 14.5. The highest BCUT2D eigenvalue weighted by Gasteiger charge is 2.33. The van der Waals surface area contributed by atoms with Gasteiger partial charge in [-0.2, -0.15) is 5.10 Å². The van der Waals surface area contributed by atoms with Gasteiger partial charge in [0.1, 0.15) is 5.82 Å². The summed E-state index contributed by atoms with van der Waals surface area (Å²) in [5.41, 5.74) is 3.28. The van der Waals surface area contributed by atoms with E-state index in [1.165, 1.54) is 17.1 Å². The molecule has 10 heteroatoms. The number of aromatic nitrogens is 3. The van der Waals surface area contributed by atoms with Crippen LogP contribution in [0.5, 0.6) is 0 Å². The number of carbonyl (C=O) groups excluding carboxylic acids is 1. The van der Waals surface area contributed by atoms with Crippen LogP contribution in [0.1, 0.15) is 23.6 Å². The van der Waals surface area contributed by atoms with E-state index in [9.17, 15) is 9.18 Å². The molecule has 0 N–H and O–H groups in total. The average molecular weight is 538 g/mol. The Hall–Kier alpha value is -3.37. The van der Waals surface area contributed by atoms with Crippen molar-refractivity contribution >= 4 is 39.3 Å². The van der Waals surface area contributed by atoms with E-state index >= 15 is 0 Å². The zero-order valence-electron chi connectivity index (χ0n) is 17.6. The molecule has 5 rings (SSSR count). The van der Waals surface area contributed by atoms with Crippen LogP contribution in [0.25, 0.3) is 11.5 Å². The van der Waals surface area contributed by atoms with Crippen molar-refractivity contribution in [1.82, 2.24) is 20.2 Å². The van der Waals surface area contributed by atoms with Crippen molar-refractivity contribution in [3.63, 3.8) is 0 Å². The number of carbonyl (C=O) groups is 1. The topological polar surface area (TPSA) is 84.5 Å². The van der Waals surface area contributed by atoms with Crippen LogP contribution in [0.4, 0.5) is 4.39 Å². The van der Waals surface area contributed by atoms with E-state index < -0.39 is 0 Å². The van der Waals surface area contributed by atoms with Gasteiger partial charge in [0.15, 0.2) is 0 Å². The van der Waals surface area contributed by atoms with E-state index in [1.54, 1.807) is 36.7 Å². The molecule has 1 unspecified atom stereocenters. The van der Waals surface area contributed by atoms with Crippen LogP contribution in [-0.4, -0.2) is 37.6 Å². The number of hydrogen-bond donors (Lipinski definition) is 0. The van der Waals surface area contributed by atoms with Crippen molar-refractivity contribution in [3.8, 4) is 11.5 Å². The van der Waals surface area contributed by atoms with E-state index in [0.717, 1.165) is 38.6 Å². The molecule has 0 saturated heterocycles. The lowest BCUT2D eigenvalue weighted by molar-refractivity contribution is -0.130. The Kier molecular flexibility index (Phi) is 6.50. The second kappa shape index (κ2) is 9.86. The molecule has 2 aromatic heterocycles. The Labute approximate surface area is 207 Å². The van der Waals surface area contributed by atoms with Gasteiger partial charge in [-0.15, -0.1) is 10.2 Å². The van der Waals surface area contributed by atoms with E-state index in [1.807, 2.05) is 24.3 Å². The smallest absolute Gasteiger partial charge is 0.277 e. The monoisotopic (exact) mass is 537 g/mol. The fourth-order valence-corrected chi connectivity index (χ4v) is 4.45. The van der Waals surface area contributed by atoms with Crippen molar-refractivity contribution in [2.75, 3.05) is 5.75 Å². The van der Waals surface area contributed by atoms with Crippen LogP contribution in [0.15, 0.2) is 92.3 Å². The van der Waals surface area contributed by atoms with Crippen molar-refractivity contribution in [3.05, 3.63) is 94.5 Å². The molecule has 0 radical (unpaired) electrons. The number of rotatable bonds is 6. The predicted octanol–water partition coefficient (Wildman–Crippen LogP) is 5.50. The summed E-state index contributed by atoms with van der Waals surface area (Å²) >= 11 is 4.59. The first-order valence-corrected chi connectivity index (χ1v) is 12.1. The molecule has 0 spiro atoms. The molecule has 1 aliphatic heterocycles. The first kappa shape index (κ1) is 22.4. The van der Waals surface area contributed by atoms with Crippen LogP contribution in [-0.2, 0) is 4.79 Å². The first-order chi connectivity index (χ1) is 16.6. The van der Waals surface area contributed by atoms with Gasteiger partial charge in [-0.05, 0) is 47.5 Å². The molecule has 0 saturated carbocycles. The molecule has 1 amide bonds. The molecule has 7 nitrogen and oxygen atoms in total. The summed E-state index contributed by atoms with van der Waals surface area (Å²) in [5.74, 6) is -0.119. The van der Waals surface area contributed by atoms with Gasteiger partial charge < -0.3 is 4.42 Å². The van der Waals surface area contributed by atoms with E-state index in [2.05, 4.69) is 36.2 Å². The third-order valence-corrected chi connectivity index (χ3v) is 6.58. The minimum Gasteiger partial charge on any atom is -0.411 e.